The number of aliphatic hydroxyl groups is 2. The number of carbonyl (C=O) groups excluding carboxylic acids is 1. The van der Waals surface area contributed by atoms with Gasteiger partial charge in [-0.1, -0.05) is 0 Å². The molecule has 0 aromatic carbocycles. The van der Waals surface area contributed by atoms with E-state index in [4.69, 9.17) is 9.05 Å². The monoisotopic (exact) mass is 435 g/mol. The zero-order chi connectivity index (χ0) is 21.2. The van der Waals surface area contributed by atoms with Crippen LogP contribution < -0.4 is 5.32 Å². The average molecular weight is 435 g/mol. The van der Waals surface area contributed by atoms with E-state index < -0.39 is 38.8 Å². The van der Waals surface area contributed by atoms with Gasteiger partial charge in [0.25, 0.3) is 0 Å². The number of carbonyl (C=O) groups is 1. The Morgan fingerprint density at radius 3 is 2.57 bits per heavy atom. The summed E-state index contributed by atoms with van der Waals surface area (Å²) in [5.41, 5.74) is -2.67. The molecule has 28 heavy (non-hydrogen) atoms. The Morgan fingerprint density at radius 2 is 2.07 bits per heavy atom. The molecule has 164 valence electrons. The molecule has 1 aliphatic heterocycles. The van der Waals surface area contributed by atoms with Gasteiger partial charge in [0.05, 0.1) is 0 Å². The number of hydrogen-bond donors (Lipinski definition) is 3. The van der Waals surface area contributed by atoms with Gasteiger partial charge in [-0.15, -0.1) is 0 Å². The molecule has 0 saturated carbocycles. The van der Waals surface area contributed by atoms with Crippen LogP contribution in [0.1, 0.15) is 32.6 Å². The van der Waals surface area contributed by atoms with Crippen molar-refractivity contribution >= 4 is 21.5 Å². The minimum atomic E-state index is -1.71. The fourth-order valence-electron chi connectivity index (χ4n) is 4.40. The molecule has 2 rings (SSSR count). The Kier molecular flexibility index (Phi) is 8.09. The second-order valence-corrected chi connectivity index (χ2v) is 15.8. The molecule has 0 spiro atoms. The molecular weight excluding hydrogens is 396 g/mol. The van der Waals surface area contributed by atoms with Crippen molar-refractivity contribution in [2.75, 3.05) is 46.5 Å². The van der Waals surface area contributed by atoms with E-state index >= 15 is 0 Å². The summed E-state index contributed by atoms with van der Waals surface area (Å²) in [5.74, 6) is -0.827. The number of allylic oxidation sites excluding steroid dienone is 1. The second-order valence-electron chi connectivity index (χ2n) is 9.43. The third kappa shape index (κ3) is 5.14. The van der Waals surface area contributed by atoms with E-state index in [2.05, 4.69) is 37.5 Å². The molecule has 2 aliphatic rings. The molecule has 0 aromatic heterocycles. The van der Waals surface area contributed by atoms with E-state index in [9.17, 15) is 15.0 Å². The van der Waals surface area contributed by atoms with Crippen molar-refractivity contribution in [3.8, 4) is 0 Å². The van der Waals surface area contributed by atoms with E-state index in [-0.39, 0.29) is 18.4 Å². The van der Waals surface area contributed by atoms with Gasteiger partial charge in [-0.25, -0.2) is 0 Å². The SMILES string of the molecule is CP(C)O[C@@H]([C@@H]1C=CCCC1)[C@@]1(CO)NC(=O)[C@H](CCO[PH](C)(C)C)[C@]1(C)O. The van der Waals surface area contributed by atoms with Crippen molar-refractivity contribution < 1.29 is 24.1 Å². The normalized spacial score (nSPS) is 35.2. The van der Waals surface area contributed by atoms with Gasteiger partial charge in [0.2, 0.25) is 0 Å². The topological polar surface area (TPSA) is 88.0 Å². The van der Waals surface area contributed by atoms with Crippen molar-refractivity contribution in [2.45, 2.75) is 49.9 Å². The first kappa shape index (κ1) is 24.2. The summed E-state index contributed by atoms with van der Waals surface area (Å²) in [6.07, 6.45) is 7.19. The first-order chi connectivity index (χ1) is 12.9. The van der Waals surface area contributed by atoms with Gasteiger partial charge in [-0.2, -0.15) is 0 Å². The zero-order valence-electron chi connectivity index (χ0n) is 18.2. The first-order valence-electron chi connectivity index (χ1n) is 10.2. The Hall–Kier alpha value is -0.0900. The minimum absolute atomic E-state index is 0.0505. The second kappa shape index (κ2) is 9.37. The van der Waals surface area contributed by atoms with Crippen LogP contribution in [0.4, 0.5) is 0 Å². The molecule has 8 heteroatoms. The predicted molar refractivity (Wildman–Crippen MR) is 119 cm³/mol. The van der Waals surface area contributed by atoms with Crippen LogP contribution in [-0.2, 0) is 13.8 Å². The first-order valence-corrected chi connectivity index (χ1v) is 15.8. The van der Waals surface area contributed by atoms with Crippen LogP contribution in [0, 0.1) is 11.8 Å². The number of amides is 1. The third-order valence-electron chi connectivity index (χ3n) is 5.93. The maximum atomic E-state index is 12.9. The molecule has 5 atom stereocenters. The summed E-state index contributed by atoms with van der Waals surface area (Å²) >= 11 is 0. The molecule has 6 nitrogen and oxygen atoms in total. The Labute approximate surface area is 171 Å². The van der Waals surface area contributed by atoms with Crippen molar-refractivity contribution in [2.24, 2.45) is 11.8 Å². The van der Waals surface area contributed by atoms with Crippen LogP contribution in [0.3, 0.4) is 0 Å². The molecule has 1 amide bonds. The van der Waals surface area contributed by atoms with Crippen LogP contribution >= 0.6 is 15.6 Å². The van der Waals surface area contributed by atoms with Crippen molar-refractivity contribution in [3.05, 3.63) is 12.2 Å². The van der Waals surface area contributed by atoms with Gasteiger partial charge in [0, 0.05) is 0 Å². The summed E-state index contributed by atoms with van der Waals surface area (Å²) < 4.78 is 12.2. The standard InChI is InChI=1S/C20H39NO5P2/c1-19(24)16(12-13-25-28(4,5)6)18(23)21-20(19,14-22)17(26-27(2)3)15-10-8-7-9-11-15/h8,10,15-17,22,24,28H,7,9,11-14H2,1-6H3,(H,21,23)/t15-,16+,17+,19+,20-/m1/s1. The number of hydrogen-bond acceptors (Lipinski definition) is 5. The molecule has 0 bridgehead atoms. The Balaban J connectivity index is 2.32. The maximum absolute atomic E-state index is 12.9. The molecule has 1 fully saturated rings. The van der Waals surface area contributed by atoms with Crippen LogP contribution in [0.5, 0.6) is 0 Å². The van der Waals surface area contributed by atoms with E-state index in [0.717, 1.165) is 19.3 Å². The number of rotatable bonds is 9. The van der Waals surface area contributed by atoms with Crippen molar-refractivity contribution in [1.82, 2.24) is 5.32 Å². The predicted octanol–water partition coefficient (Wildman–Crippen LogP) is 2.57. The molecule has 1 saturated heterocycles. The van der Waals surface area contributed by atoms with Crippen LogP contribution in [-0.4, -0.2) is 79.9 Å². The summed E-state index contributed by atoms with van der Waals surface area (Å²) in [6, 6.07) is 0. The van der Waals surface area contributed by atoms with E-state index in [1.807, 2.05) is 13.3 Å². The van der Waals surface area contributed by atoms with Crippen molar-refractivity contribution in [3.63, 3.8) is 0 Å². The molecule has 0 radical (unpaired) electrons. The molecule has 1 aliphatic carbocycles. The van der Waals surface area contributed by atoms with Crippen LogP contribution in [0.25, 0.3) is 0 Å². The van der Waals surface area contributed by atoms with Crippen molar-refractivity contribution in [1.29, 1.82) is 0 Å². The average Bonchev–Trinajstić information content (AvgIpc) is 2.79. The molecule has 0 aromatic rings. The fourth-order valence-corrected chi connectivity index (χ4v) is 5.92. The zero-order valence-corrected chi connectivity index (χ0v) is 20.1. The summed E-state index contributed by atoms with van der Waals surface area (Å²) in [4.78, 5) is 12.9. The van der Waals surface area contributed by atoms with Crippen LogP contribution in [0.15, 0.2) is 12.2 Å². The van der Waals surface area contributed by atoms with E-state index in [1.165, 1.54) is 0 Å². The Bertz CT molecular complexity index is 575. The summed E-state index contributed by atoms with van der Waals surface area (Å²) in [7, 11) is -2.45. The molecule has 0 unspecified atom stereocenters. The van der Waals surface area contributed by atoms with Gasteiger partial charge in [-0.3, -0.25) is 0 Å². The summed E-state index contributed by atoms with van der Waals surface area (Å²) in [6.45, 7) is 12.0. The molecule has 3 N–H and O–H groups in total. The van der Waals surface area contributed by atoms with Gasteiger partial charge in [0.15, 0.2) is 0 Å². The molecular formula is C20H39NO5P2. The number of nitrogens with one attached hydrogen (secondary N) is 1. The van der Waals surface area contributed by atoms with E-state index in [1.54, 1.807) is 6.92 Å². The molecule has 1 heterocycles. The summed E-state index contributed by atoms with van der Waals surface area (Å²) in [5, 5.41) is 25.0. The number of aliphatic hydroxyl groups excluding tert-OH is 1. The van der Waals surface area contributed by atoms with E-state index in [0.29, 0.717) is 13.0 Å². The fraction of sp³-hybridized carbons (Fsp3) is 0.850. The van der Waals surface area contributed by atoms with Gasteiger partial charge < -0.3 is 0 Å². The quantitative estimate of drug-likeness (QED) is 0.383. The van der Waals surface area contributed by atoms with Gasteiger partial charge >= 0.3 is 171 Å². The van der Waals surface area contributed by atoms with Crippen LogP contribution in [0.2, 0.25) is 0 Å². The Morgan fingerprint density at radius 1 is 1.39 bits per heavy atom. The third-order valence-corrected chi connectivity index (χ3v) is 7.64. The van der Waals surface area contributed by atoms with Gasteiger partial charge in [-0.05, 0) is 0 Å². The van der Waals surface area contributed by atoms with Gasteiger partial charge in [0.1, 0.15) is 0 Å².